The molecule has 2 aromatic rings. The molecule has 1 atom stereocenters. The number of benzene rings is 2. The highest BCUT2D eigenvalue weighted by molar-refractivity contribution is 7.82. The molecule has 1 unspecified atom stereocenters. The summed E-state index contributed by atoms with van der Waals surface area (Å²) in [6.07, 6.45) is -3.00. The maximum absolute atomic E-state index is 13.3. The van der Waals surface area contributed by atoms with E-state index in [1.165, 1.54) is 28.6 Å². The van der Waals surface area contributed by atoms with Crippen molar-refractivity contribution in [2.75, 3.05) is 25.5 Å². The summed E-state index contributed by atoms with van der Waals surface area (Å²) in [5.41, 5.74) is -0.616. The quantitative estimate of drug-likeness (QED) is 0.769. The SMILES string of the molecule is CN(CCO)S(=O)c1cccc(C(=O)Nc2ccc(F)c(C(F)F)c2)c1. The van der Waals surface area contributed by atoms with E-state index in [2.05, 4.69) is 5.32 Å². The van der Waals surface area contributed by atoms with Gasteiger partial charge in [0.2, 0.25) is 0 Å². The van der Waals surface area contributed by atoms with E-state index in [1.54, 1.807) is 13.1 Å². The fraction of sp³-hybridized carbons (Fsp3) is 0.235. The highest BCUT2D eigenvalue weighted by Crippen LogP contribution is 2.25. The molecule has 5 nitrogen and oxygen atoms in total. The molecule has 0 aliphatic carbocycles. The number of halogens is 3. The van der Waals surface area contributed by atoms with Crippen LogP contribution in [0.25, 0.3) is 0 Å². The Morgan fingerprint density at radius 3 is 2.65 bits per heavy atom. The molecule has 0 saturated heterocycles. The average Bonchev–Trinajstić information content (AvgIpc) is 2.62. The van der Waals surface area contributed by atoms with Crippen LogP contribution in [0.5, 0.6) is 0 Å². The number of nitrogens with one attached hydrogen (secondary N) is 1. The maximum Gasteiger partial charge on any atom is 0.266 e. The van der Waals surface area contributed by atoms with Crippen LogP contribution in [0.15, 0.2) is 47.4 Å². The van der Waals surface area contributed by atoms with Crippen molar-refractivity contribution in [1.82, 2.24) is 4.31 Å². The molecule has 140 valence electrons. The van der Waals surface area contributed by atoms with Crippen molar-refractivity contribution in [2.24, 2.45) is 0 Å². The van der Waals surface area contributed by atoms with Gasteiger partial charge in [0.1, 0.15) is 16.8 Å². The number of hydrogen-bond donors (Lipinski definition) is 2. The lowest BCUT2D eigenvalue weighted by Crippen LogP contribution is -2.24. The normalized spacial score (nSPS) is 12.4. The Morgan fingerprint density at radius 2 is 2.00 bits per heavy atom. The third-order valence-corrected chi connectivity index (χ3v) is 4.89. The summed E-state index contributed by atoms with van der Waals surface area (Å²) < 4.78 is 52.5. The van der Waals surface area contributed by atoms with E-state index < -0.39 is 34.7 Å². The van der Waals surface area contributed by atoms with E-state index in [0.717, 1.165) is 12.1 Å². The fourth-order valence-electron chi connectivity index (χ4n) is 2.14. The Kier molecular flexibility index (Phi) is 6.90. The third kappa shape index (κ3) is 4.90. The molecule has 0 spiro atoms. The van der Waals surface area contributed by atoms with Crippen molar-refractivity contribution in [1.29, 1.82) is 0 Å². The topological polar surface area (TPSA) is 69.6 Å². The predicted molar refractivity (Wildman–Crippen MR) is 91.9 cm³/mol. The van der Waals surface area contributed by atoms with Gasteiger partial charge in [-0.05, 0) is 36.4 Å². The summed E-state index contributed by atoms with van der Waals surface area (Å²) >= 11 is 0. The number of nitrogens with zero attached hydrogens (tertiary/aromatic N) is 1. The van der Waals surface area contributed by atoms with Crippen LogP contribution in [0.1, 0.15) is 22.3 Å². The molecule has 0 saturated carbocycles. The lowest BCUT2D eigenvalue weighted by Gasteiger charge is -2.14. The molecular weight excluding hydrogens is 369 g/mol. The van der Waals surface area contributed by atoms with Crippen LogP contribution in [-0.4, -0.2) is 39.7 Å². The van der Waals surface area contributed by atoms with Gasteiger partial charge in [-0.25, -0.2) is 21.7 Å². The first-order valence-corrected chi connectivity index (χ1v) is 8.67. The van der Waals surface area contributed by atoms with Gasteiger partial charge in [0.25, 0.3) is 12.3 Å². The summed E-state index contributed by atoms with van der Waals surface area (Å²) in [6.45, 7) is 0.0223. The van der Waals surface area contributed by atoms with Crippen LogP contribution < -0.4 is 5.32 Å². The molecule has 2 rings (SSSR count). The van der Waals surface area contributed by atoms with Crippen LogP contribution in [0, 0.1) is 5.82 Å². The van der Waals surface area contributed by atoms with Crippen LogP contribution in [0.3, 0.4) is 0 Å². The molecule has 0 fully saturated rings. The van der Waals surface area contributed by atoms with Crippen LogP contribution in [0.4, 0.5) is 18.9 Å². The fourth-order valence-corrected chi connectivity index (χ4v) is 3.17. The van der Waals surface area contributed by atoms with Gasteiger partial charge in [0.15, 0.2) is 0 Å². The standard InChI is InChI=1S/C17H17F3N2O3S/c1-22(7-8-23)26(25)13-4-2-3-11(9-13)17(24)21-12-5-6-15(18)14(10-12)16(19)20/h2-6,9-10,16,23H,7-8H2,1H3,(H,21,24). The van der Waals surface area contributed by atoms with Crippen molar-refractivity contribution in [2.45, 2.75) is 11.3 Å². The summed E-state index contributed by atoms with van der Waals surface area (Å²) in [6, 6.07) is 8.87. The van der Waals surface area contributed by atoms with Crippen LogP contribution in [-0.2, 0) is 11.0 Å². The Bertz CT molecular complexity index is 818. The van der Waals surface area contributed by atoms with Gasteiger partial charge in [0, 0.05) is 24.8 Å². The Hall–Kier alpha value is -2.23. The van der Waals surface area contributed by atoms with Gasteiger partial charge in [-0.15, -0.1) is 0 Å². The molecule has 0 bridgehead atoms. The number of rotatable bonds is 7. The highest BCUT2D eigenvalue weighted by atomic mass is 32.2. The number of likely N-dealkylation sites (N-methyl/N-ethyl adjacent to an activating group) is 1. The molecule has 1 amide bonds. The molecule has 0 heterocycles. The van der Waals surface area contributed by atoms with Gasteiger partial charge in [-0.2, -0.15) is 0 Å². The highest BCUT2D eigenvalue weighted by Gasteiger charge is 2.16. The number of alkyl halides is 2. The largest absolute Gasteiger partial charge is 0.395 e. The lowest BCUT2D eigenvalue weighted by molar-refractivity contribution is 0.102. The second-order valence-corrected chi connectivity index (χ2v) is 6.94. The Balaban J connectivity index is 2.19. The smallest absolute Gasteiger partial charge is 0.266 e. The number of carbonyl (C=O) groups is 1. The van der Waals surface area contributed by atoms with Gasteiger partial charge in [0.05, 0.1) is 17.1 Å². The lowest BCUT2D eigenvalue weighted by atomic mass is 10.1. The first kappa shape index (κ1) is 20.1. The van der Waals surface area contributed by atoms with E-state index >= 15 is 0 Å². The zero-order valence-corrected chi connectivity index (χ0v) is 14.6. The summed E-state index contributed by atoms with van der Waals surface area (Å²) in [4.78, 5) is 12.7. The van der Waals surface area contributed by atoms with Gasteiger partial charge >= 0.3 is 0 Å². The molecule has 0 radical (unpaired) electrons. The van der Waals surface area contributed by atoms with E-state index in [9.17, 15) is 22.2 Å². The zero-order chi connectivity index (χ0) is 19.3. The van der Waals surface area contributed by atoms with E-state index in [1.807, 2.05) is 0 Å². The number of amides is 1. The van der Waals surface area contributed by atoms with E-state index in [-0.39, 0.29) is 24.4 Å². The molecule has 0 aromatic heterocycles. The Labute approximate surface area is 151 Å². The molecular formula is C17H17F3N2O3S. The van der Waals surface area contributed by atoms with Crippen molar-refractivity contribution in [3.63, 3.8) is 0 Å². The van der Waals surface area contributed by atoms with Gasteiger partial charge < -0.3 is 10.4 Å². The van der Waals surface area contributed by atoms with Crippen molar-refractivity contribution >= 4 is 22.6 Å². The summed E-state index contributed by atoms with van der Waals surface area (Å²) in [7, 11) is -0.0107. The molecule has 0 aliphatic rings. The van der Waals surface area contributed by atoms with E-state index in [4.69, 9.17) is 5.11 Å². The Morgan fingerprint density at radius 1 is 1.27 bits per heavy atom. The first-order chi connectivity index (χ1) is 12.3. The monoisotopic (exact) mass is 386 g/mol. The first-order valence-electron chi connectivity index (χ1n) is 7.56. The molecule has 9 heteroatoms. The van der Waals surface area contributed by atoms with Gasteiger partial charge in [-0.1, -0.05) is 6.07 Å². The molecule has 26 heavy (non-hydrogen) atoms. The average molecular weight is 386 g/mol. The van der Waals surface area contributed by atoms with Crippen LogP contribution >= 0.6 is 0 Å². The summed E-state index contributed by atoms with van der Waals surface area (Å²) in [5, 5.41) is 11.3. The number of aliphatic hydroxyl groups excluding tert-OH is 1. The number of anilines is 1. The van der Waals surface area contributed by atoms with Gasteiger partial charge in [-0.3, -0.25) is 4.79 Å². The minimum absolute atomic E-state index is 0.0237. The minimum Gasteiger partial charge on any atom is -0.395 e. The summed E-state index contributed by atoms with van der Waals surface area (Å²) in [5.74, 6) is -1.66. The van der Waals surface area contributed by atoms with Crippen molar-refractivity contribution in [3.8, 4) is 0 Å². The number of hydrogen-bond acceptors (Lipinski definition) is 3. The minimum atomic E-state index is -3.00. The zero-order valence-electron chi connectivity index (χ0n) is 13.8. The predicted octanol–water partition coefficient (Wildman–Crippen LogP) is 2.96. The second kappa shape index (κ2) is 8.93. The maximum atomic E-state index is 13.3. The number of aliphatic hydroxyl groups is 1. The molecule has 2 aromatic carbocycles. The van der Waals surface area contributed by atoms with Crippen LogP contribution in [0.2, 0.25) is 0 Å². The molecule has 2 N–H and O–H groups in total. The second-order valence-electron chi connectivity index (χ2n) is 5.34. The number of carbonyl (C=O) groups excluding carboxylic acids is 1. The van der Waals surface area contributed by atoms with Crippen molar-refractivity contribution in [3.05, 3.63) is 59.4 Å². The third-order valence-electron chi connectivity index (χ3n) is 3.48. The molecule has 0 aliphatic heterocycles. The van der Waals surface area contributed by atoms with Crippen molar-refractivity contribution < 1.29 is 27.3 Å². The van der Waals surface area contributed by atoms with E-state index in [0.29, 0.717) is 4.90 Å².